The molecule has 0 atom stereocenters. The van der Waals surface area contributed by atoms with E-state index in [1.54, 1.807) is 35.2 Å². The minimum atomic E-state index is -0.455. The van der Waals surface area contributed by atoms with Crippen LogP contribution in [0.2, 0.25) is 0 Å². The molecular weight excluding hydrogens is 426 g/mol. The molecule has 1 heterocycles. The normalized spacial score (nSPS) is 11.1. The number of nitrogens with zero attached hydrogens (tertiary/aromatic N) is 2. The van der Waals surface area contributed by atoms with Crippen LogP contribution in [0.4, 0.5) is 11.4 Å². The van der Waals surface area contributed by atoms with E-state index >= 15 is 0 Å². The maximum Gasteiger partial charge on any atom is 0.269 e. The Morgan fingerprint density at radius 2 is 1.97 bits per heavy atom. The van der Waals surface area contributed by atoms with Crippen LogP contribution in [0.3, 0.4) is 0 Å². The van der Waals surface area contributed by atoms with Crippen molar-refractivity contribution in [3.8, 4) is 0 Å². The number of amides is 1. The number of rotatable bonds is 9. The van der Waals surface area contributed by atoms with Crippen LogP contribution in [-0.2, 0) is 11.2 Å². The molecule has 29 heavy (non-hydrogen) atoms. The van der Waals surface area contributed by atoms with Crippen LogP contribution < -0.4 is 5.32 Å². The van der Waals surface area contributed by atoms with Crippen molar-refractivity contribution in [1.82, 2.24) is 4.98 Å². The summed E-state index contributed by atoms with van der Waals surface area (Å²) < 4.78 is 2.08. The molecule has 0 saturated heterocycles. The van der Waals surface area contributed by atoms with Gasteiger partial charge in [0.1, 0.15) is 0 Å². The van der Waals surface area contributed by atoms with Crippen molar-refractivity contribution in [1.29, 1.82) is 0 Å². The highest BCUT2D eigenvalue weighted by molar-refractivity contribution is 8.04. The summed E-state index contributed by atoms with van der Waals surface area (Å²) in [7, 11) is 0. The van der Waals surface area contributed by atoms with Gasteiger partial charge in [-0.2, -0.15) is 11.8 Å². The first-order valence-corrected chi connectivity index (χ1v) is 11.9. The van der Waals surface area contributed by atoms with E-state index in [2.05, 4.69) is 24.1 Å². The maximum absolute atomic E-state index is 12.3. The Bertz CT molecular complexity index is 1000. The number of hydrogen-bond acceptors (Lipinski definition) is 7. The summed E-state index contributed by atoms with van der Waals surface area (Å²) in [4.78, 5) is 27.2. The van der Waals surface area contributed by atoms with E-state index in [4.69, 9.17) is 0 Å². The Balaban J connectivity index is 1.58. The lowest BCUT2D eigenvalue weighted by Crippen LogP contribution is -2.14. The molecule has 0 unspecified atom stereocenters. The largest absolute Gasteiger partial charge is 0.326 e. The lowest BCUT2D eigenvalue weighted by molar-refractivity contribution is -0.384. The molecule has 0 saturated carbocycles. The van der Waals surface area contributed by atoms with Crippen LogP contribution in [-0.4, -0.2) is 32.6 Å². The molecule has 6 nitrogen and oxygen atoms in total. The zero-order valence-electron chi connectivity index (χ0n) is 16.1. The average molecular weight is 448 g/mol. The van der Waals surface area contributed by atoms with Crippen LogP contribution >= 0.6 is 34.9 Å². The van der Waals surface area contributed by atoms with Gasteiger partial charge in [-0.15, -0.1) is 11.3 Å². The monoisotopic (exact) mass is 447 g/mol. The van der Waals surface area contributed by atoms with Crippen molar-refractivity contribution in [3.05, 3.63) is 58.1 Å². The molecule has 0 bridgehead atoms. The third kappa shape index (κ3) is 6.45. The number of hydrogen-bond donors (Lipinski definition) is 1. The molecule has 1 N–H and O–H groups in total. The summed E-state index contributed by atoms with van der Waals surface area (Å²) >= 11 is 5.34. The highest BCUT2D eigenvalue weighted by Crippen LogP contribution is 2.31. The van der Waals surface area contributed by atoms with Gasteiger partial charge in [0.05, 0.1) is 21.6 Å². The fourth-order valence-electron chi connectivity index (χ4n) is 2.58. The molecular formula is C20H21N3O3S3. The summed E-state index contributed by atoms with van der Waals surface area (Å²) in [5.74, 6) is 1.96. The Morgan fingerprint density at radius 1 is 1.21 bits per heavy atom. The van der Waals surface area contributed by atoms with Crippen LogP contribution in [0, 0.1) is 10.1 Å². The van der Waals surface area contributed by atoms with Crippen LogP contribution in [0.25, 0.3) is 10.2 Å². The number of benzene rings is 2. The third-order valence-electron chi connectivity index (χ3n) is 3.92. The van der Waals surface area contributed by atoms with E-state index in [-0.39, 0.29) is 18.0 Å². The topological polar surface area (TPSA) is 85.1 Å². The molecule has 0 spiro atoms. The van der Waals surface area contributed by atoms with Crippen molar-refractivity contribution in [3.63, 3.8) is 0 Å². The molecule has 0 aliphatic rings. The average Bonchev–Trinajstić information content (AvgIpc) is 3.07. The smallest absolute Gasteiger partial charge is 0.269 e. The van der Waals surface area contributed by atoms with E-state index in [1.807, 2.05) is 30.0 Å². The first-order valence-electron chi connectivity index (χ1n) is 9.09. The zero-order chi connectivity index (χ0) is 20.8. The number of thioether (sulfide) groups is 2. The number of thiazole rings is 1. The van der Waals surface area contributed by atoms with Crippen LogP contribution in [0.5, 0.6) is 0 Å². The molecule has 0 fully saturated rings. The van der Waals surface area contributed by atoms with E-state index in [1.165, 1.54) is 12.1 Å². The minimum absolute atomic E-state index is 0.0151. The molecule has 152 valence electrons. The Kier molecular flexibility index (Phi) is 7.51. The van der Waals surface area contributed by atoms with Crippen molar-refractivity contribution in [2.75, 3.05) is 16.8 Å². The summed E-state index contributed by atoms with van der Waals surface area (Å²) in [6.07, 6.45) is 0.160. The second kappa shape index (κ2) is 10.1. The number of nitro groups is 1. The van der Waals surface area contributed by atoms with Crippen molar-refractivity contribution >= 4 is 62.4 Å². The molecule has 9 heteroatoms. The van der Waals surface area contributed by atoms with Gasteiger partial charge in [-0.1, -0.05) is 37.7 Å². The van der Waals surface area contributed by atoms with Crippen LogP contribution in [0.1, 0.15) is 19.4 Å². The number of nitrogens with one attached hydrogen (secondary N) is 1. The van der Waals surface area contributed by atoms with Gasteiger partial charge < -0.3 is 5.32 Å². The van der Waals surface area contributed by atoms with Gasteiger partial charge >= 0.3 is 0 Å². The summed E-state index contributed by atoms with van der Waals surface area (Å²) in [6.45, 7) is 4.40. The lowest BCUT2D eigenvalue weighted by atomic mass is 10.1. The quantitative estimate of drug-likeness (QED) is 0.198. The van der Waals surface area contributed by atoms with Crippen LogP contribution in [0.15, 0.2) is 46.8 Å². The number of non-ortho nitro benzene ring substituents is 1. The maximum atomic E-state index is 12.3. The molecule has 3 aromatic rings. The lowest BCUT2D eigenvalue weighted by Gasteiger charge is -2.05. The number of anilines is 1. The number of fused-ring (bicyclic) bond motifs is 1. The SMILES string of the molecule is CC(C)SCCSc1nc2ccc(NC(=O)Cc3ccc([N+](=O)[O-])cc3)cc2s1. The molecule has 0 aliphatic heterocycles. The highest BCUT2D eigenvalue weighted by Gasteiger charge is 2.10. The molecule has 1 amide bonds. The van der Waals surface area contributed by atoms with Gasteiger partial charge in [0, 0.05) is 29.3 Å². The Hall–Kier alpha value is -2.10. The fraction of sp³-hybridized carbons (Fsp3) is 0.300. The highest BCUT2D eigenvalue weighted by atomic mass is 32.2. The van der Waals surface area contributed by atoms with Gasteiger partial charge in [-0.05, 0) is 29.0 Å². The zero-order valence-corrected chi connectivity index (χ0v) is 18.5. The van der Waals surface area contributed by atoms with E-state index in [0.717, 1.165) is 37.3 Å². The fourth-order valence-corrected chi connectivity index (χ4v) is 5.60. The van der Waals surface area contributed by atoms with Gasteiger partial charge in [-0.3, -0.25) is 14.9 Å². The number of carbonyl (C=O) groups excluding carboxylic acids is 1. The predicted molar refractivity (Wildman–Crippen MR) is 123 cm³/mol. The van der Waals surface area contributed by atoms with E-state index < -0.39 is 4.92 Å². The van der Waals surface area contributed by atoms with Crippen molar-refractivity contribution in [2.45, 2.75) is 29.9 Å². The molecule has 3 rings (SSSR count). The predicted octanol–water partition coefficient (Wildman–Crippen LogP) is 5.62. The number of nitro benzene ring substituents is 1. The standard InChI is InChI=1S/C20H21N3O3S3/c1-13(2)27-9-10-28-20-22-17-8-5-15(12-18(17)29-20)21-19(24)11-14-3-6-16(7-4-14)23(25)26/h3-8,12-13H,9-11H2,1-2H3,(H,21,24). The number of carbonyl (C=O) groups is 1. The summed E-state index contributed by atoms with van der Waals surface area (Å²) in [6, 6.07) is 11.7. The molecule has 1 aromatic heterocycles. The van der Waals surface area contributed by atoms with Crippen molar-refractivity contribution in [2.24, 2.45) is 0 Å². The van der Waals surface area contributed by atoms with Gasteiger partial charge in [0.2, 0.25) is 5.91 Å². The summed E-state index contributed by atoms with van der Waals surface area (Å²) in [5.41, 5.74) is 2.40. The Labute approximate surface area is 181 Å². The van der Waals surface area contributed by atoms with E-state index in [9.17, 15) is 14.9 Å². The van der Waals surface area contributed by atoms with E-state index in [0.29, 0.717) is 5.25 Å². The van der Waals surface area contributed by atoms with Crippen molar-refractivity contribution < 1.29 is 9.72 Å². The van der Waals surface area contributed by atoms with Gasteiger partial charge in [-0.25, -0.2) is 4.98 Å². The summed E-state index contributed by atoms with van der Waals surface area (Å²) in [5, 5.41) is 14.2. The van der Waals surface area contributed by atoms with Gasteiger partial charge in [0.15, 0.2) is 4.34 Å². The first-order chi connectivity index (χ1) is 13.9. The third-order valence-corrected chi connectivity index (χ3v) is 7.45. The molecule has 0 aliphatic carbocycles. The molecule has 2 aromatic carbocycles. The first kappa shape index (κ1) is 21.6. The minimum Gasteiger partial charge on any atom is -0.326 e. The molecule has 0 radical (unpaired) electrons. The second-order valence-electron chi connectivity index (χ2n) is 6.58. The van der Waals surface area contributed by atoms with Gasteiger partial charge in [0.25, 0.3) is 5.69 Å². The second-order valence-corrected chi connectivity index (χ2v) is 10.6. The number of aromatic nitrogens is 1. The Morgan fingerprint density at radius 3 is 2.66 bits per heavy atom.